The second-order valence-electron chi connectivity index (χ2n) is 9.92. The first kappa shape index (κ1) is 25.9. The minimum Gasteiger partial charge on any atom is -0.375 e. The molecule has 13 heteroatoms. The number of rotatable bonds is 6. The highest BCUT2D eigenvalue weighted by Crippen LogP contribution is 2.33. The zero-order valence-corrected chi connectivity index (χ0v) is 22.7. The number of nitrogen functional groups attached to an aromatic ring is 1. The van der Waals surface area contributed by atoms with Gasteiger partial charge >= 0.3 is 6.03 Å². The topological polar surface area (TPSA) is 139 Å². The van der Waals surface area contributed by atoms with Crippen LogP contribution in [0.4, 0.5) is 15.6 Å². The van der Waals surface area contributed by atoms with Crippen molar-refractivity contribution in [3.63, 3.8) is 0 Å². The highest BCUT2D eigenvalue weighted by molar-refractivity contribution is 7.22. The summed E-state index contributed by atoms with van der Waals surface area (Å²) in [6.45, 7) is 1.08. The molecule has 2 aromatic carbocycles. The number of carbonyl (C=O) groups is 3. The number of nitrogens with one attached hydrogen (secondary N) is 3. The lowest BCUT2D eigenvalue weighted by Crippen LogP contribution is -2.66. The Morgan fingerprint density at radius 1 is 1.32 bits per heavy atom. The lowest BCUT2D eigenvalue weighted by atomic mass is 9.98. The molecule has 0 bridgehead atoms. The number of piperazine rings is 1. The van der Waals surface area contributed by atoms with Gasteiger partial charge in [0, 0.05) is 26.6 Å². The number of hydrogen-bond acceptors (Lipinski definition) is 9. The van der Waals surface area contributed by atoms with Crippen LogP contribution in [0.25, 0.3) is 10.2 Å². The molecule has 2 saturated heterocycles. The summed E-state index contributed by atoms with van der Waals surface area (Å²) in [4.78, 5) is 48.2. The van der Waals surface area contributed by atoms with Crippen molar-refractivity contribution in [1.29, 1.82) is 0 Å². The molecule has 6 rings (SSSR count). The Kier molecular flexibility index (Phi) is 6.67. The largest absolute Gasteiger partial charge is 0.375 e. The summed E-state index contributed by atoms with van der Waals surface area (Å²) < 4.78 is 0.940. The fourth-order valence-corrected chi connectivity index (χ4v) is 6.52. The summed E-state index contributed by atoms with van der Waals surface area (Å²) in [6.07, 6.45) is 5.35. The number of thiazole rings is 1. The van der Waals surface area contributed by atoms with E-state index in [1.807, 2.05) is 30.3 Å². The maximum Gasteiger partial charge on any atom is 0.332 e. The number of hydrazine groups is 2. The summed E-state index contributed by atoms with van der Waals surface area (Å²) in [7, 11) is 1.51. The van der Waals surface area contributed by atoms with Gasteiger partial charge in [-0.3, -0.25) is 9.59 Å². The molecule has 2 atom stereocenters. The Hall–Kier alpha value is -4.38. The van der Waals surface area contributed by atoms with Crippen molar-refractivity contribution in [2.45, 2.75) is 31.7 Å². The molecule has 0 unspecified atom stereocenters. The van der Waals surface area contributed by atoms with E-state index in [0.29, 0.717) is 18.1 Å². The molecule has 206 valence electrons. The van der Waals surface area contributed by atoms with Crippen LogP contribution in [-0.2, 0) is 29.1 Å². The SMILES string of the molecule is C#CCN(C(=O)NC)N1CC(=O)N2[C@@H](Cc3ccc4c(c3)CNN4)C(=O)N(Cc3cccc4sc(N)nc34)C[C@@H]21. The van der Waals surface area contributed by atoms with Crippen molar-refractivity contribution in [3.8, 4) is 12.3 Å². The number of aromatic nitrogens is 1. The molecular formula is C27H29N9O3S. The van der Waals surface area contributed by atoms with Gasteiger partial charge in [0.15, 0.2) is 5.13 Å². The first-order valence-corrected chi connectivity index (χ1v) is 13.7. The molecule has 4 amide bonds. The molecule has 40 heavy (non-hydrogen) atoms. The van der Waals surface area contributed by atoms with Crippen LogP contribution in [0.15, 0.2) is 36.4 Å². The summed E-state index contributed by atoms with van der Waals surface area (Å²) in [5.41, 5.74) is 16.8. The van der Waals surface area contributed by atoms with Crippen LogP contribution in [0.1, 0.15) is 16.7 Å². The minimum atomic E-state index is -0.756. The smallest absolute Gasteiger partial charge is 0.332 e. The quantitative estimate of drug-likeness (QED) is 0.327. The van der Waals surface area contributed by atoms with Gasteiger partial charge in [0.2, 0.25) is 11.8 Å². The van der Waals surface area contributed by atoms with E-state index in [4.69, 9.17) is 12.2 Å². The van der Waals surface area contributed by atoms with Gasteiger partial charge in [0.1, 0.15) is 12.2 Å². The molecule has 0 spiro atoms. The maximum absolute atomic E-state index is 14.1. The van der Waals surface area contributed by atoms with E-state index >= 15 is 0 Å². The third-order valence-corrected chi connectivity index (χ3v) is 8.40. The third-order valence-electron chi connectivity index (χ3n) is 7.55. The van der Waals surface area contributed by atoms with Crippen LogP contribution >= 0.6 is 11.3 Å². The van der Waals surface area contributed by atoms with Crippen molar-refractivity contribution in [2.24, 2.45) is 0 Å². The third kappa shape index (κ3) is 4.45. The van der Waals surface area contributed by atoms with Gasteiger partial charge in [0.25, 0.3) is 0 Å². The number of para-hydroxylation sites is 1. The van der Waals surface area contributed by atoms with E-state index in [1.54, 1.807) is 14.8 Å². The van der Waals surface area contributed by atoms with Gasteiger partial charge in [-0.1, -0.05) is 41.5 Å². The molecule has 4 heterocycles. The lowest BCUT2D eigenvalue weighted by Gasteiger charge is -2.46. The van der Waals surface area contributed by atoms with Gasteiger partial charge in [-0.15, -0.1) is 6.42 Å². The van der Waals surface area contributed by atoms with Crippen molar-refractivity contribution in [3.05, 3.63) is 53.1 Å². The van der Waals surface area contributed by atoms with Crippen LogP contribution in [0.2, 0.25) is 0 Å². The molecule has 3 aliphatic rings. The molecule has 3 aliphatic heterocycles. The Labute approximate surface area is 235 Å². The average Bonchev–Trinajstić information content (AvgIpc) is 3.65. The second kappa shape index (κ2) is 10.3. The Morgan fingerprint density at radius 3 is 2.98 bits per heavy atom. The van der Waals surface area contributed by atoms with E-state index in [2.05, 4.69) is 33.1 Å². The zero-order chi connectivity index (χ0) is 28.0. The van der Waals surface area contributed by atoms with Crippen LogP contribution < -0.4 is 21.9 Å². The average molecular weight is 560 g/mol. The summed E-state index contributed by atoms with van der Waals surface area (Å²) >= 11 is 1.39. The number of urea groups is 1. The number of benzene rings is 2. The van der Waals surface area contributed by atoms with Gasteiger partial charge in [-0.25, -0.2) is 20.2 Å². The molecule has 12 nitrogen and oxygen atoms in total. The summed E-state index contributed by atoms with van der Waals surface area (Å²) in [5, 5.41) is 6.10. The van der Waals surface area contributed by atoms with Gasteiger partial charge in [0.05, 0.1) is 35.5 Å². The molecule has 5 N–H and O–H groups in total. The zero-order valence-electron chi connectivity index (χ0n) is 21.9. The molecule has 0 saturated carbocycles. The van der Waals surface area contributed by atoms with E-state index in [0.717, 1.165) is 32.6 Å². The minimum absolute atomic E-state index is 0.0157. The van der Waals surface area contributed by atoms with Crippen molar-refractivity contribution < 1.29 is 14.4 Å². The van der Waals surface area contributed by atoms with Crippen molar-refractivity contribution >= 4 is 50.2 Å². The number of terminal acetylenes is 1. The van der Waals surface area contributed by atoms with E-state index in [1.165, 1.54) is 23.4 Å². The number of carbonyl (C=O) groups excluding carboxylic acids is 3. The van der Waals surface area contributed by atoms with Gasteiger partial charge in [-0.2, -0.15) is 5.01 Å². The molecular weight excluding hydrogens is 530 g/mol. The first-order valence-electron chi connectivity index (χ1n) is 12.9. The molecule has 0 radical (unpaired) electrons. The normalized spacial score (nSPS) is 20.3. The van der Waals surface area contributed by atoms with E-state index in [9.17, 15) is 14.4 Å². The van der Waals surface area contributed by atoms with Gasteiger partial charge in [-0.05, 0) is 28.8 Å². The number of amides is 4. The molecule has 1 aromatic heterocycles. The van der Waals surface area contributed by atoms with E-state index in [-0.39, 0.29) is 38.0 Å². The molecule has 0 aliphatic carbocycles. The summed E-state index contributed by atoms with van der Waals surface area (Å²) in [6, 6.07) is 10.6. The van der Waals surface area contributed by atoms with Crippen LogP contribution in [0, 0.1) is 12.3 Å². The number of anilines is 2. The van der Waals surface area contributed by atoms with Gasteiger partial charge < -0.3 is 26.3 Å². The first-order chi connectivity index (χ1) is 19.4. The molecule has 3 aromatic rings. The van der Waals surface area contributed by atoms with E-state index < -0.39 is 18.2 Å². The monoisotopic (exact) mass is 559 g/mol. The van der Waals surface area contributed by atoms with Crippen molar-refractivity contribution in [2.75, 3.05) is 37.8 Å². The van der Waals surface area contributed by atoms with Crippen LogP contribution in [0.3, 0.4) is 0 Å². The van der Waals surface area contributed by atoms with Crippen LogP contribution in [0.5, 0.6) is 0 Å². The molecule has 2 fully saturated rings. The number of fused-ring (bicyclic) bond motifs is 3. The predicted octanol–water partition coefficient (Wildman–Crippen LogP) is 0.922. The number of nitrogens with two attached hydrogens (primary N) is 1. The van der Waals surface area contributed by atoms with Crippen molar-refractivity contribution in [1.82, 2.24) is 35.5 Å². The maximum atomic E-state index is 14.1. The number of nitrogens with zero attached hydrogens (tertiary/aromatic N) is 5. The van der Waals surface area contributed by atoms with Crippen LogP contribution in [-0.4, -0.2) is 81.5 Å². The highest BCUT2D eigenvalue weighted by atomic mass is 32.1. The predicted molar refractivity (Wildman–Crippen MR) is 151 cm³/mol. The summed E-state index contributed by atoms with van der Waals surface area (Å²) in [5.74, 6) is 2.12. The fraction of sp³-hybridized carbons (Fsp3) is 0.333. The fourth-order valence-electron chi connectivity index (χ4n) is 5.74. The lowest BCUT2D eigenvalue weighted by molar-refractivity contribution is -0.157. The highest BCUT2D eigenvalue weighted by Gasteiger charge is 2.52. The second-order valence-corrected chi connectivity index (χ2v) is 11.0. The standard InChI is InChI=1S/C27H29N9O3S/c1-3-9-34(27(39)29-2)35-15-23(37)36-20(11-16-7-8-19-18(10-16)12-30-32-19)25(38)33(14-22(35)36)13-17-5-4-6-21-24(17)31-26(28)40-21/h1,4-8,10,20,22,30,32H,9,11-15H2,2H3,(H2,28,31)(H,29,39)/t20-,22+/m0/s1. The Bertz CT molecular complexity index is 1550. The number of hydrogen-bond donors (Lipinski definition) is 4. The Balaban J connectivity index is 1.37. The Morgan fingerprint density at radius 2 is 2.17 bits per heavy atom.